The number of Topliss-reactive ketones (excluding diaryl/α,β-unsaturated/α-hetero) is 1. The van der Waals surface area contributed by atoms with Crippen LogP contribution in [0.1, 0.15) is 34.5 Å². The Balaban J connectivity index is 1.47. The molecule has 1 aliphatic carbocycles. The fourth-order valence-corrected chi connectivity index (χ4v) is 3.97. The van der Waals surface area contributed by atoms with E-state index in [2.05, 4.69) is 25.7 Å². The third-order valence-corrected chi connectivity index (χ3v) is 6.24. The largest absolute Gasteiger partial charge is 0.573 e. The highest BCUT2D eigenvalue weighted by Crippen LogP contribution is 2.36. The number of hydrogen-bond acceptors (Lipinski definition) is 6. The summed E-state index contributed by atoms with van der Waals surface area (Å²) in [7, 11) is 0. The van der Waals surface area contributed by atoms with Gasteiger partial charge in [-0.15, -0.1) is 13.2 Å². The standard InChI is InChI=1S/C28H24F4N4O5/c29-21-10-9-19(41-28(30,31)32)15-20(21)24(38)36-27(11-12-27)26(40)35-22(14-17-6-2-1-3-7-17)23(37)25(39)34-16-18-8-4-5-13-33-18/h1-10,13,15,22H,11-12,14,16H2,(H,34,39)(H,35,40)(H,36,38)/t22-/m1/s1. The number of nitrogens with zero attached hydrogens (tertiary/aromatic N) is 1. The molecule has 1 heterocycles. The van der Waals surface area contributed by atoms with Crippen LogP contribution in [0.4, 0.5) is 17.6 Å². The Kier molecular flexibility index (Phi) is 8.65. The molecule has 0 saturated heterocycles. The number of alkyl halides is 3. The lowest BCUT2D eigenvalue weighted by Gasteiger charge is -2.23. The van der Waals surface area contributed by atoms with Gasteiger partial charge in [0.25, 0.3) is 11.8 Å². The summed E-state index contributed by atoms with van der Waals surface area (Å²) in [6, 6.07) is 14.2. The van der Waals surface area contributed by atoms with Crippen LogP contribution in [0.25, 0.3) is 0 Å². The third kappa shape index (κ3) is 7.87. The minimum Gasteiger partial charge on any atom is -0.406 e. The van der Waals surface area contributed by atoms with Crippen molar-refractivity contribution in [1.82, 2.24) is 20.9 Å². The van der Waals surface area contributed by atoms with Gasteiger partial charge in [-0.25, -0.2) is 4.39 Å². The molecule has 1 atom stereocenters. The number of halogens is 4. The molecule has 1 saturated carbocycles. The van der Waals surface area contributed by atoms with Gasteiger partial charge in [0.2, 0.25) is 11.7 Å². The predicted octanol–water partition coefficient (Wildman–Crippen LogP) is 2.99. The maximum Gasteiger partial charge on any atom is 0.573 e. The number of hydrogen-bond donors (Lipinski definition) is 3. The van der Waals surface area contributed by atoms with Gasteiger partial charge in [-0.1, -0.05) is 36.4 Å². The van der Waals surface area contributed by atoms with E-state index in [0.29, 0.717) is 29.5 Å². The van der Waals surface area contributed by atoms with Gasteiger partial charge < -0.3 is 20.7 Å². The van der Waals surface area contributed by atoms with Crippen molar-refractivity contribution in [2.75, 3.05) is 0 Å². The van der Waals surface area contributed by atoms with E-state index >= 15 is 0 Å². The van der Waals surface area contributed by atoms with Crippen molar-refractivity contribution < 1.29 is 41.5 Å². The van der Waals surface area contributed by atoms with Crippen molar-refractivity contribution in [2.24, 2.45) is 0 Å². The van der Waals surface area contributed by atoms with Crippen LogP contribution in [0.2, 0.25) is 0 Å². The Morgan fingerprint density at radius 2 is 1.68 bits per heavy atom. The number of aromatic nitrogens is 1. The average molecular weight is 573 g/mol. The molecule has 1 aliphatic rings. The van der Waals surface area contributed by atoms with Gasteiger partial charge in [-0.2, -0.15) is 0 Å². The van der Waals surface area contributed by atoms with E-state index in [1.807, 2.05) is 0 Å². The van der Waals surface area contributed by atoms with Crippen LogP contribution in [0, 0.1) is 5.82 Å². The topological polar surface area (TPSA) is 126 Å². The second-order valence-corrected chi connectivity index (χ2v) is 9.31. The minimum absolute atomic E-state index is 0.0277. The van der Waals surface area contributed by atoms with Gasteiger partial charge in [0.15, 0.2) is 0 Å². The molecule has 4 rings (SSSR count). The van der Waals surface area contributed by atoms with Gasteiger partial charge in [0, 0.05) is 12.6 Å². The van der Waals surface area contributed by atoms with Gasteiger partial charge in [-0.05, 0) is 48.7 Å². The molecule has 13 heteroatoms. The molecule has 1 fully saturated rings. The van der Waals surface area contributed by atoms with Gasteiger partial charge >= 0.3 is 6.36 Å². The summed E-state index contributed by atoms with van der Waals surface area (Å²) >= 11 is 0. The number of carbonyl (C=O) groups excluding carboxylic acids is 4. The van der Waals surface area contributed by atoms with E-state index in [-0.39, 0.29) is 25.8 Å². The Morgan fingerprint density at radius 3 is 2.32 bits per heavy atom. The summed E-state index contributed by atoms with van der Waals surface area (Å²) < 4.78 is 55.7. The number of nitrogens with one attached hydrogen (secondary N) is 3. The van der Waals surface area contributed by atoms with E-state index in [4.69, 9.17) is 0 Å². The smallest absolute Gasteiger partial charge is 0.406 e. The van der Waals surface area contributed by atoms with E-state index in [1.165, 1.54) is 6.20 Å². The first kappa shape index (κ1) is 29.2. The van der Waals surface area contributed by atoms with Crippen molar-refractivity contribution >= 4 is 23.5 Å². The van der Waals surface area contributed by atoms with Crippen molar-refractivity contribution in [3.05, 3.63) is 95.6 Å². The van der Waals surface area contributed by atoms with Gasteiger partial charge in [0.05, 0.1) is 17.8 Å². The van der Waals surface area contributed by atoms with Crippen LogP contribution in [0.15, 0.2) is 72.9 Å². The zero-order chi connectivity index (χ0) is 29.6. The molecule has 3 aromatic rings. The fourth-order valence-electron chi connectivity index (χ4n) is 3.97. The predicted molar refractivity (Wildman–Crippen MR) is 136 cm³/mol. The van der Waals surface area contributed by atoms with E-state index in [9.17, 15) is 36.7 Å². The lowest BCUT2D eigenvalue weighted by molar-refractivity contribution is -0.274. The molecule has 9 nitrogen and oxygen atoms in total. The molecule has 214 valence electrons. The summed E-state index contributed by atoms with van der Waals surface area (Å²) in [6.07, 6.45) is -3.35. The quantitative estimate of drug-likeness (QED) is 0.240. The minimum atomic E-state index is -5.06. The lowest BCUT2D eigenvalue weighted by Crippen LogP contribution is -2.56. The fraction of sp³-hybridized carbons (Fsp3) is 0.250. The molecule has 2 aromatic carbocycles. The van der Waals surface area contributed by atoms with Crippen LogP contribution in [-0.2, 0) is 27.3 Å². The molecule has 0 radical (unpaired) electrons. The number of rotatable bonds is 11. The molecule has 0 bridgehead atoms. The second-order valence-electron chi connectivity index (χ2n) is 9.31. The van der Waals surface area contributed by atoms with Crippen LogP contribution in [0.3, 0.4) is 0 Å². The zero-order valence-corrected chi connectivity index (χ0v) is 21.3. The Morgan fingerprint density at radius 1 is 0.976 bits per heavy atom. The first-order chi connectivity index (χ1) is 19.5. The van der Waals surface area contributed by atoms with E-state index < -0.39 is 58.6 Å². The number of benzene rings is 2. The Labute approximate surface area is 231 Å². The first-order valence-electron chi connectivity index (χ1n) is 12.4. The summed E-state index contributed by atoms with van der Waals surface area (Å²) in [5, 5.41) is 7.33. The van der Waals surface area contributed by atoms with Gasteiger partial charge in [0.1, 0.15) is 23.1 Å². The number of ketones is 1. The zero-order valence-electron chi connectivity index (χ0n) is 21.3. The molecule has 0 unspecified atom stereocenters. The molecule has 0 aliphatic heterocycles. The summed E-state index contributed by atoms with van der Waals surface area (Å²) in [4.78, 5) is 55.9. The highest BCUT2D eigenvalue weighted by Gasteiger charge is 2.52. The molecule has 3 amide bonds. The molecule has 3 N–H and O–H groups in total. The van der Waals surface area contributed by atoms with Gasteiger partial charge in [-0.3, -0.25) is 24.2 Å². The molecular weight excluding hydrogens is 548 g/mol. The summed E-state index contributed by atoms with van der Waals surface area (Å²) in [6.45, 7) is -0.0277. The van der Waals surface area contributed by atoms with Crippen molar-refractivity contribution in [3.63, 3.8) is 0 Å². The van der Waals surface area contributed by atoms with Crippen LogP contribution < -0.4 is 20.7 Å². The summed E-state index contributed by atoms with van der Waals surface area (Å²) in [5.74, 6) is -5.81. The van der Waals surface area contributed by atoms with Crippen LogP contribution >= 0.6 is 0 Å². The Hall–Kier alpha value is -4.81. The number of amides is 3. The van der Waals surface area contributed by atoms with Crippen molar-refractivity contribution in [2.45, 2.75) is 43.8 Å². The van der Waals surface area contributed by atoms with E-state index in [0.717, 1.165) is 0 Å². The number of ether oxygens (including phenoxy) is 1. The molecule has 1 aromatic heterocycles. The number of pyridine rings is 1. The monoisotopic (exact) mass is 572 g/mol. The lowest BCUT2D eigenvalue weighted by atomic mass is 10.0. The van der Waals surface area contributed by atoms with Crippen LogP contribution in [-0.4, -0.2) is 46.4 Å². The van der Waals surface area contributed by atoms with Crippen molar-refractivity contribution in [1.29, 1.82) is 0 Å². The SMILES string of the molecule is O=C(NCc1ccccn1)C(=O)[C@@H](Cc1ccccc1)NC(=O)C1(NC(=O)c2cc(OC(F)(F)F)ccc2F)CC1. The van der Waals surface area contributed by atoms with Crippen LogP contribution in [0.5, 0.6) is 5.75 Å². The third-order valence-electron chi connectivity index (χ3n) is 6.24. The van der Waals surface area contributed by atoms with E-state index in [1.54, 1.807) is 48.5 Å². The number of carbonyl (C=O) groups is 4. The van der Waals surface area contributed by atoms with Crippen molar-refractivity contribution in [3.8, 4) is 5.75 Å². The maximum absolute atomic E-state index is 14.3. The first-order valence-corrected chi connectivity index (χ1v) is 12.4. The molecule has 41 heavy (non-hydrogen) atoms. The normalized spacial score (nSPS) is 14.3. The highest BCUT2D eigenvalue weighted by molar-refractivity contribution is 6.38. The highest BCUT2D eigenvalue weighted by atomic mass is 19.4. The molecular formula is C28H24F4N4O5. The molecule has 0 spiro atoms. The Bertz CT molecular complexity index is 1430. The average Bonchev–Trinajstić information content (AvgIpc) is 3.73. The maximum atomic E-state index is 14.3. The summed E-state index contributed by atoms with van der Waals surface area (Å²) in [5.41, 5.74) is -1.17. The second kappa shape index (κ2) is 12.1.